The summed E-state index contributed by atoms with van der Waals surface area (Å²) in [7, 11) is 0. The highest BCUT2D eigenvalue weighted by molar-refractivity contribution is 8.00. The number of nitrogens with zero attached hydrogens (tertiary/aromatic N) is 1. The number of rotatable bonds is 7. The highest BCUT2D eigenvalue weighted by Crippen LogP contribution is 2.35. The Balaban J connectivity index is 1.42. The molecule has 1 heterocycles. The van der Waals surface area contributed by atoms with Crippen LogP contribution >= 0.6 is 11.8 Å². The van der Waals surface area contributed by atoms with Gasteiger partial charge in [-0.2, -0.15) is 0 Å². The Kier molecular flexibility index (Phi) is 6.50. The fourth-order valence-electron chi connectivity index (χ4n) is 3.67. The molecular weight excluding hydrogens is 392 g/mol. The van der Waals surface area contributed by atoms with Crippen LogP contribution in [0.4, 0.5) is 11.4 Å². The second kappa shape index (κ2) is 9.63. The largest absolute Gasteiger partial charge is 0.325 e. The van der Waals surface area contributed by atoms with Crippen molar-refractivity contribution in [3.05, 3.63) is 96.1 Å². The summed E-state index contributed by atoms with van der Waals surface area (Å²) in [5, 5.41) is 3.07. The van der Waals surface area contributed by atoms with E-state index in [0.717, 1.165) is 18.7 Å². The first-order chi connectivity index (χ1) is 14.7. The Morgan fingerprint density at radius 2 is 1.60 bits per heavy atom. The van der Waals surface area contributed by atoms with Gasteiger partial charge in [0.25, 0.3) is 0 Å². The number of carbonyl (C=O) groups excluding carboxylic acids is 2. The topological polar surface area (TPSA) is 49.4 Å². The lowest BCUT2D eigenvalue weighted by Gasteiger charge is -2.18. The lowest BCUT2D eigenvalue weighted by Crippen LogP contribution is -2.24. The molecule has 0 saturated carbocycles. The van der Waals surface area contributed by atoms with Crippen LogP contribution < -0.4 is 10.2 Å². The Morgan fingerprint density at radius 1 is 0.933 bits per heavy atom. The van der Waals surface area contributed by atoms with E-state index >= 15 is 0 Å². The van der Waals surface area contributed by atoms with E-state index in [1.54, 1.807) is 16.7 Å². The van der Waals surface area contributed by atoms with Gasteiger partial charge in [-0.1, -0.05) is 66.7 Å². The number of benzene rings is 3. The lowest BCUT2D eigenvalue weighted by molar-refractivity contribution is -0.117. The van der Waals surface area contributed by atoms with Gasteiger partial charge in [0.15, 0.2) is 0 Å². The molecule has 1 saturated heterocycles. The number of hydrogen-bond acceptors (Lipinski definition) is 3. The van der Waals surface area contributed by atoms with Gasteiger partial charge in [0.2, 0.25) is 11.8 Å². The smallest absolute Gasteiger partial charge is 0.234 e. The number of hydrogen-bond donors (Lipinski definition) is 1. The minimum absolute atomic E-state index is 0.0539. The molecule has 4 rings (SSSR count). The summed E-state index contributed by atoms with van der Waals surface area (Å²) in [6, 6.07) is 28.0. The second-order valence-electron chi connectivity index (χ2n) is 7.26. The van der Waals surface area contributed by atoms with E-state index in [0.29, 0.717) is 17.9 Å². The summed E-state index contributed by atoms with van der Waals surface area (Å²) < 4.78 is 0. The molecule has 2 amide bonds. The van der Waals surface area contributed by atoms with E-state index in [2.05, 4.69) is 29.6 Å². The monoisotopic (exact) mass is 416 g/mol. The van der Waals surface area contributed by atoms with Crippen molar-refractivity contribution in [2.75, 3.05) is 22.5 Å². The van der Waals surface area contributed by atoms with Gasteiger partial charge in [-0.05, 0) is 35.7 Å². The van der Waals surface area contributed by atoms with Crippen molar-refractivity contribution in [1.29, 1.82) is 0 Å². The Labute approximate surface area is 181 Å². The normalized spacial score (nSPS) is 13.6. The van der Waals surface area contributed by atoms with Gasteiger partial charge in [-0.25, -0.2) is 0 Å². The molecule has 1 fully saturated rings. The zero-order chi connectivity index (χ0) is 20.8. The van der Waals surface area contributed by atoms with Crippen LogP contribution in [0.15, 0.2) is 84.9 Å². The molecule has 30 heavy (non-hydrogen) atoms. The molecule has 5 heteroatoms. The molecule has 0 aliphatic carbocycles. The van der Waals surface area contributed by atoms with E-state index in [9.17, 15) is 9.59 Å². The number of nitrogens with one attached hydrogen (secondary N) is 1. The average molecular weight is 417 g/mol. The average Bonchev–Trinajstić information content (AvgIpc) is 3.21. The summed E-state index contributed by atoms with van der Waals surface area (Å²) in [6.07, 6.45) is 1.47. The molecule has 0 unspecified atom stereocenters. The van der Waals surface area contributed by atoms with Gasteiger partial charge in [-0.15, -0.1) is 11.8 Å². The van der Waals surface area contributed by atoms with Crippen molar-refractivity contribution in [1.82, 2.24) is 0 Å². The molecule has 3 aromatic rings. The first kappa shape index (κ1) is 20.2. The minimum Gasteiger partial charge on any atom is -0.325 e. The molecule has 0 atom stereocenters. The van der Waals surface area contributed by atoms with E-state index in [1.165, 1.54) is 11.1 Å². The lowest BCUT2D eigenvalue weighted by atomic mass is 10.0. The van der Waals surface area contributed by atoms with Crippen molar-refractivity contribution >= 4 is 35.0 Å². The maximum atomic E-state index is 12.7. The summed E-state index contributed by atoms with van der Waals surface area (Å²) in [6.45, 7) is 0.738. The third-order valence-corrected chi connectivity index (χ3v) is 6.41. The summed E-state index contributed by atoms with van der Waals surface area (Å²) in [5.41, 5.74) is 3.91. The number of amides is 2. The fourth-order valence-corrected chi connectivity index (χ4v) is 4.76. The first-order valence-corrected chi connectivity index (χ1v) is 11.2. The zero-order valence-electron chi connectivity index (χ0n) is 16.7. The maximum absolute atomic E-state index is 12.7. The highest BCUT2D eigenvalue weighted by atomic mass is 32.2. The van der Waals surface area contributed by atoms with Crippen molar-refractivity contribution in [2.24, 2.45) is 0 Å². The zero-order valence-corrected chi connectivity index (χ0v) is 17.5. The second-order valence-corrected chi connectivity index (χ2v) is 8.35. The molecule has 0 spiro atoms. The molecule has 152 valence electrons. The number of anilines is 2. The molecule has 1 N–H and O–H groups in total. The van der Waals surface area contributed by atoms with Gasteiger partial charge in [0, 0.05) is 24.3 Å². The Bertz CT molecular complexity index is 968. The SMILES string of the molecule is O=C(CSC(c1ccccc1)c1ccccc1)Nc1cccc(N2CCCC2=O)c1. The highest BCUT2D eigenvalue weighted by Gasteiger charge is 2.22. The van der Waals surface area contributed by atoms with E-state index < -0.39 is 0 Å². The van der Waals surface area contributed by atoms with E-state index in [-0.39, 0.29) is 17.1 Å². The van der Waals surface area contributed by atoms with Gasteiger partial charge in [0.1, 0.15) is 0 Å². The predicted octanol–water partition coefficient (Wildman–Crippen LogP) is 5.27. The maximum Gasteiger partial charge on any atom is 0.234 e. The quantitative estimate of drug-likeness (QED) is 0.570. The number of carbonyl (C=O) groups is 2. The number of thioether (sulfide) groups is 1. The molecule has 0 bridgehead atoms. The third kappa shape index (κ3) is 4.92. The molecule has 0 aromatic heterocycles. The standard InChI is InChI=1S/C25H24N2O2S/c28-23(26-21-13-7-14-22(17-21)27-16-8-15-24(27)29)18-30-25(19-9-3-1-4-10-19)20-11-5-2-6-12-20/h1-7,9-14,17,25H,8,15-16,18H2,(H,26,28). The van der Waals surface area contributed by atoms with Crippen LogP contribution in [0.2, 0.25) is 0 Å². The molecule has 3 aromatic carbocycles. The van der Waals surface area contributed by atoms with Crippen LogP contribution in [0.5, 0.6) is 0 Å². The predicted molar refractivity (Wildman–Crippen MR) is 124 cm³/mol. The molecule has 4 nitrogen and oxygen atoms in total. The first-order valence-electron chi connectivity index (χ1n) is 10.1. The fraction of sp³-hybridized carbons (Fsp3) is 0.200. The van der Waals surface area contributed by atoms with E-state index in [4.69, 9.17) is 0 Å². The Morgan fingerprint density at radius 3 is 2.20 bits per heavy atom. The van der Waals surface area contributed by atoms with Crippen LogP contribution in [-0.4, -0.2) is 24.1 Å². The van der Waals surface area contributed by atoms with E-state index in [1.807, 2.05) is 60.7 Å². The van der Waals surface area contributed by atoms with Gasteiger partial charge in [-0.3, -0.25) is 9.59 Å². The van der Waals surface area contributed by atoms with Gasteiger partial charge < -0.3 is 10.2 Å². The van der Waals surface area contributed by atoms with Gasteiger partial charge >= 0.3 is 0 Å². The van der Waals surface area contributed by atoms with Gasteiger partial charge in [0.05, 0.1) is 11.0 Å². The molecule has 1 aliphatic rings. The summed E-state index contributed by atoms with van der Waals surface area (Å²) >= 11 is 1.61. The molecule has 0 radical (unpaired) electrons. The van der Waals surface area contributed by atoms with Crippen LogP contribution in [0, 0.1) is 0 Å². The molecular formula is C25H24N2O2S. The molecule has 1 aliphatic heterocycles. The Hall–Kier alpha value is -3.05. The van der Waals surface area contributed by atoms with Crippen LogP contribution in [0.1, 0.15) is 29.2 Å². The van der Waals surface area contributed by atoms with Crippen LogP contribution in [0.25, 0.3) is 0 Å². The third-order valence-electron chi connectivity index (χ3n) is 5.10. The van der Waals surface area contributed by atoms with Crippen LogP contribution in [0.3, 0.4) is 0 Å². The van der Waals surface area contributed by atoms with Crippen molar-refractivity contribution < 1.29 is 9.59 Å². The van der Waals surface area contributed by atoms with Crippen molar-refractivity contribution in [2.45, 2.75) is 18.1 Å². The summed E-state index contributed by atoms with van der Waals surface area (Å²) in [5.74, 6) is 0.422. The van der Waals surface area contributed by atoms with Crippen molar-refractivity contribution in [3.63, 3.8) is 0 Å². The van der Waals surface area contributed by atoms with Crippen molar-refractivity contribution in [3.8, 4) is 0 Å². The summed E-state index contributed by atoms with van der Waals surface area (Å²) in [4.78, 5) is 26.4. The minimum atomic E-state index is -0.0539. The van der Waals surface area contributed by atoms with Crippen LogP contribution in [-0.2, 0) is 9.59 Å².